The van der Waals surface area contributed by atoms with Gasteiger partial charge in [0.1, 0.15) is 11.6 Å². The fraction of sp³-hybridized carbons (Fsp3) is 0.412. The SMILES string of the molecule is Cn1c(N2CCC(c3cccc(F)c3)CC2)cc(=O)n(C)c1=O. The van der Waals surface area contributed by atoms with E-state index in [4.69, 9.17) is 0 Å². The Morgan fingerprint density at radius 1 is 1.04 bits per heavy atom. The van der Waals surface area contributed by atoms with Crippen LogP contribution >= 0.6 is 0 Å². The molecule has 6 heteroatoms. The van der Waals surface area contributed by atoms with E-state index in [1.807, 2.05) is 6.07 Å². The number of piperidine rings is 1. The van der Waals surface area contributed by atoms with Crippen molar-refractivity contribution in [2.75, 3.05) is 18.0 Å². The van der Waals surface area contributed by atoms with Gasteiger partial charge < -0.3 is 4.90 Å². The largest absolute Gasteiger partial charge is 0.358 e. The number of rotatable bonds is 2. The molecule has 1 aromatic carbocycles. The maximum atomic E-state index is 13.4. The first-order valence-electron chi connectivity index (χ1n) is 7.75. The van der Waals surface area contributed by atoms with Crippen LogP contribution in [0.2, 0.25) is 0 Å². The van der Waals surface area contributed by atoms with Crippen molar-refractivity contribution in [3.63, 3.8) is 0 Å². The van der Waals surface area contributed by atoms with Crippen LogP contribution in [0.25, 0.3) is 0 Å². The number of hydrogen-bond acceptors (Lipinski definition) is 3. The summed E-state index contributed by atoms with van der Waals surface area (Å²) in [5, 5.41) is 0. The first-order chi connectivity index (χ1) is 11.0. The molecule has 122 valence electrons. The Balaban J connectivity index is 1.80. The number of hydrogen-bond donors (Lipinski definition) is 0. The van der Waals surface area contributed by atoms with Crippen LogP contribution in [0, 0.1) is 5.82 Å². The lowest BCUT2D eigenvalue weighted by atomic mass is 9.89. The maximum absolute atomic E-state index is 13.4. The van der Waals surface area contributed by atoms with E-state index in [1.54, 1.807) is 19.2 Å². The van der Waals surface area contributed by atoms with Gasteiger partial charge in [-0.2, -0.15) is 0 Å². The van der Waals surface area contributed by atoms with Crippen LogP contribution in [0.4, 0.5) is 10.2 Å². The average Bonchev–Trinajstić information content (AvgIpc) is 2.56. The van der Waals surface area contributed by atoms with Crippen molar-refractivity contribution >= 4 is 5.82 Å². The van der Waals surface area contributed by atoms with Gasteiger partial charge in [0, 0.05) is 33.3 Å². The molecule has 0 N–H and O–H groups in total. The highest BCUT2D eigenvalue weighted by atomic mass is 19.1. The van der Waals surface area contributed by atoms with E-state index >= 15 is 0 Å². The maximum Gasteiger partial charge on any atom is 0.332 e. The molecule has 1 saturated heterocycles. The molecule has 3 rings (SSSR count). The topological polar surface area (TPSA) is 47.2 Å². The molecule has 0 aliphatic carbocycles. The summed E-state index contributed by atoms with van der Waals surface area (Å²) in [4.78, 5) is 25.9. The molecule has 5 nitrogen and oxygen atoms in total. The zero-order valence-corrected chi connectivity index (χ0v) is 13.3. The van der Waals surface area contributed by atoms with Gasteiger partial charge in [0.15, 0.2) is 0 Å². The molecular weight excluding hydrogens is 297 g/mol. The van der Waals surface area contributed by atoms with Gasteiger partial charge >= 0.3 is 5.69 Å². The zero-order valence-electron chi connectivity index (χ0n) is 13.3. The Bertz CT molecular complexity index is 832. The molecule has 0 amide bonds. The quantitative estimate of drug-likeness (QED) is 0.845. The summed E-state index contributed by atoms with van der Waals surface area (Å²) < 4.78 is 16.0. The molecule has 0 unspecified atom stereocenters. The Morgan fingerprint density at radius 2 is 1.74 bits per heavy atom. The fourth-order valence-corrected chi connectivity index (χ4v) is 3.23. The molecule has 0 bridgehead atoms. The van der Waals surface area contributed by atoms with Crippen LogP contribution < -0.4 is 16.1 Å². The second-order valence-electron chi connectivity index (χ2n) is 6.06. The first-order valence-corrected chi connectivity index (χ1v) is 7.75. The van der Waals surface area contributed by atoms with E-state index in [2.05, 4.69) is 4.90 Å². The Labute approximate surface area is 133 Å². The van der Waals surface area contributed by atoms with E-state index in [1.165, 1.54) is 23.7 Å². The van der Waals surface area contributed by atoms with Crippen LogP contribution in [-0.2, 0) is 14.1 Å². The Morgan fingerprint density at radius 3 is 2.39 bits per heavy atom. The smallest absolute Gasteiger partial charge is 0.332 e. The van der Waals surface area contributed by atoms with Gasteiger partial charge in [-0.1, -0.05) is 12.1 Å². The van der Waals surface area contributed by atoms with Crippen molar-refractivity contribution in [3.8, 4) is 0 Å². The highest BCUT2D eigenvalue weighted by Crippen LogP contribution is 2.29. The molecule has 1 fully saturated rings. The van der Waals surface area contributed by atoms with Gasteiger partial charge in [-0.15, -0.1) is 0 Å². The molecule has 1 aromatic heterocycles. The lowest BCUT2D eigenvalue weighted by Crippen LogP contribution is -2.42. The van der Waals surface area contributed by atoms with Crippen LogP contribution in [0.5, 0.6) is 0 Å². The standard InChI is InChI=1S/C17H20FN3O2/c1-19-15(11-16(22)20(2)17(19)23)21-8-6-12(7-9-21)13-4-3-5-14(18)10-13/h3-5,10-12H,6-9H2,1-2H3. The molecule has 0 radical (unpaired) electrons. The summed E-state index contributed by atoms with van der Waals surface area (Å²) in [7, 11) is 3.15. The second kappa shape index (κ2) is 6.02. The number of benzene rings is 1. The fourth-order valence-electron chi connectivity index (χ4n) is 3.23. The molecule has 2 aromatic rings. The van der Waals surface area contributed by atoms with E-state index in [9.17, 15) is 14.0 Å². The molecule has 0 spiro atoms. The number of anilines is 1. The monoisotopic (exact) mass is 317 g/mol. The molecule has 2 heterocycles. The summed E-state index contributed by atoms with van der Waals surface area (Å²) in [5.74, 6) is 0.750. The van der Waals surface area contributed by atoms with E-state index < -0.39 is 0 Å². The van der Waals surface area contributed by atoms with Gasteiger partial charge in [-0.25, -0.2) is 9.18 Å². The van der Waals surface area contributed by atoms with Gasteiger partial charge in [0.05, 0.1) is 0 Å². The predicted octanol–water partition coefficient (Wildman–Crippen LogP) is 1.61. The molecule has 23 heavy (non-hydrogen) atoms. The highest BCUT2D eigenvalue weighted by molar-refractivity contribution is 5.39. The Kier molecular flexibility index (Phi) is 4.07. The highest BCUT2D eigenvalue weighted by Gasteiger charge is 2.23. The van der Waals surface area contributed by atoms with Crippen molar-refractivity contribution in [2.24, 2.45) is 14.1 Å². The molecule has 1 aliphatic rings. The molecule has 0 saturated carbocycles. The summed E-state index contributed by atoms with van der Waals surface area (Å²) >= 11 is 0. The number of aromatic nitrogens is 2. The van der Waals surface area contributed by atoms with Gasteiger partial charge in [0.25, 0.3) is 5.56 Å². The predicted molar refractivity (Wildman–Crippen MR) is 87.5 cm³/mol. The third-order valence-electron chi connectivity index (χ3n) is 4.64. The minimum atomic E-state index is -0.320. The summed E-state index contributed by atoms with van der Waals surface area (Å²) in [6.07, 6.45) is 1.74. The normalized spacial score (nSPS) is 15.9. The number of halogens is 1. The van der Waals surface area contributed by atoms with E-state index in [0.717, 1.165) is 36.1 Å². The third kappa shape index (κ3) is 2.93. The van der Waals surface area contributed by atoms with Crippen molar-refractivity contribution in [1.29, 1.82) is 0 Å². The van der Waals surface area contributed by atoms with Gasteiger partial charge in [0.2, 0.25) is 0 Å². The van der Waals surface area contributed by atoms with E-state index in [0.29, 0.717) is 11.7 Å². The number of nitrogens with zero attached hydrogens (tertiary/aromatic N) is 3. The van der Waals surface area contributed by atoms with Gasteiger partial charge in [-0.3, -0.25) is 13.9 Å². The average molecular weight is 317 g/mol. The minimum Gasteiger partial charge on any atom is -0.358 e. The van der Waals surface area contributed by atoms with E-state index in [-0.39, 0.29) is 17.1 Å². The summed E-state index contributed by atoms with van der Waals surface area (Å²) in [5.41, 5.74) is 0.401. The van der Waals surface area contributed by atoms with Crippen LogP contribution in [0.1, 0.15) is 24.3 Å². The summed E-state index contributed by atoms with van der Waals surface area (Å²) in [6.45, 7) is 1.48. The minimum absolute atomic E-state index is 0.209. The van der Waals surface area contributed by atoms with Crippen LogP contribution in [0.3, 0.4) is 0 Å². The lowest BCUT2D eigenvalue weighted by molar-refractivity contribution is 0.492. The first kappa shape index (κ1) is 15.5. The molecular formula is C17H20FN3O2. The third-order valence-corrected chi connectivity index (χ3v) is 4.64. The van der Waals surface area contributed by atoms with Crippen molar-refractivity contribution in [3.05, 3.63) is 62.6 Å². The second-order valence-corrected chi connectivity index (χ2v) is 6.06. The van der Waals surface area contributed by atoms with Crippen LogP contribution in [0.15, 0.2) is 39.9 Å². The van der Waals surface area contributed by atoms with Crippen molar-refractivity contribution in [1.82, 2.24) is 9.13 Å². The van der Waals surface area contributed by atoms with Crippen LogP contribution in [-0.4, -0.2) is 22.2 Å². The molecule has 1 aliphatic heterocycles. The zero-order chi connectivity index (χ0) is 16.6. The van der Waals surface area contributed by atoms with Crippen molar-refractivity contribution < 1.29 is 4.39 Å². The summed E-state index contributed by atoms with van der Waals surface area (Å²) in [6, 6.07) is 8.24. The van der Waals surface area contributed by atoms with Crippen molar-refractivity contribution in [2.45, 2.75) is 18.8 Å². The molecule has 0 atom stereocenters. The van der Waals surface area contributed by atoms with Gasteiger partial charge in [-0.05, 0) is 36.5 Å². The lowest BCUT2D eigenvalue weighted by Gasteiger charge is -2.34. The Hall–Kier alpha value is -2.37.